The molecule has 4 heteroatoms. The number of hydrogen-bond donors (Lipinski definition) is 0. The van der Waals surface area contributed by atoms with Crippen LogP contribution < -0.4 is 0 Å². The molecule has 3 nitrogen and oxygen atoms in total. The van der Waals surface area contributed by atoms with Crippen molar-refractivity contribution in [2.24, 2.45) is 0 Å². The second-order valence-electron chi connectivity index (χ2n) is 13.9. The largest absolute Gasteiger partial charge is 0.208 e. The number of aromatic nitrogens is 3. The van der Waals surface area contributed by atoms with Gasteiger partial charge in [0.2, 0.25) is 0 Å². The lowest BCUT2D eigenvalue weighted by Crippen LogP contribution is -2.00. The van der Waals surface area contributed by atoms with Gasteiger partial charge in [-0.1, -0.05) is 164 Å². The number of rotatable bonds is 5. The quantitative estimate of drug-likeness (QED) is 0.166. The van der Waals surface area contributed by atoms with Crippen molar-refractivity contribution in [3.05, 3.63) is 188 Å². The maximum Gasteiger partial charge on any atom is 0.164 e. The molecule has 0 spiro atoms. The van der Waals surface area contributed by atoms with Crippen LogP contribution in [0.4, 0.5) is 0 Å². The highest BCUT2D eigenvalue weighted by Crippen LogP contribution is 2.46. The van der Waals surface area contributed by atoms with Crippen LogP contribution in [0.15, 0.2) is 188 Å². The first-order chi connectivity index (χ1) is 27.3. The van der Waals surface area contributed by atoms with E-state index in [9.17, 15) is 0 Å². The average Bonchev–Trinajstić information content (AvgIpc) is 3.65. The van der Waals surface area contributed by atoms with Crippen molar-refractivity contribution in [2.75, 3.05) is 0 Å². The zero-order chi connectivity index (χ0) is 36.3. The van der Waals surface area contributed by atoms with Gasteiger partial charge in [0.05, 0.1) is 0 Å². The highest BCUT2D eigenvalue weighted by molar-refractivity contribution is 7.26. The van der Waals surface area contributed by atoms with Gasteiger partial charge in [-0.3, -0.25) is 0 Å². The molecule has 0 aliphatic heterocycles. The Labute approximate surface area is 321 Å². The molecular weight excluding hydrogens is 687 g/mol. The lowest BCUT2D eigenvalue weighted by Gasteiger charge is -2.16. The molecule has 2 heterocycles. The van der Waals surface area contributed by atoms with E-state index >= 15 is 0 Å². The molecule has 11 rings (SSSR count). The van der Waals surface area contributed by atoms with E-state index in [1.807, 2.05) is 47.7 Å². The third-order valence-electron chi connectivity index (χ3n) is 10.7. The van der Waals surface area contributed by atoms with E-state index in [1.165, 1.54) is 69.2 Å². The van der Waals surface area contributed by atoms with Gasteiger partial charge in [-0.25, -0.2) is 15.0 Å². The molecule has 0 radical (unpaired) electrons. The Balaban J connectivity index is 1.17. The number of nitrogens with zero attached hydrogens (tertiary/aromatic N) is 3. The summed E-state index contributed by atoms with van der Waals surface area (Å²) in [4.78, 5) is 15.3. The van der Waals surface area contributed by atoms with E-state index in [4.69, 9.17) is 15.0 Å². The molecular formula is C51H31N3S. The summed E-state index contributed by atoms with van der Waals surface area (Å²) >= 11 is 1.82. The predicted octanol–water partition coefficient (Wildman–Crippen LogP) is 14.0. The summed E-state index contributed by atoms with van der Waals surface area (Å²) < 4.78 is 2.45. The molecule has 0 atom stereocenters. The van der Waals surface area contributed by atoms with Crippen LogP contribution in [0, 0.1) is 0 Å². The number of hydrogen-bond acceptors (Lipinski definition) is 4. The van der Waals surface area contributed by atoms with E-state index in [1.54, 1.807) is 0 Å². The summed E-state index contributed by atoms with van der Waals surface area (Å²) in [6.07, 6.45) is 0. The number of fused-ring (bicyclic) bond motifs is 9. The smallest absolute Gasteiger partial charge is 0.164 e. The van der Waals surface area contributed by atoms with E-state index in [2.05, 4.69) is 152 Å². The first-order valence-corrected chi connectivity index (χ1v) is 19.3. The summed E-state index contributed by atoms with van der Waals surface area (Å²) in [5, 5.41) is 10.1. The van der Waals surface area contributed by atoms with Crippen LogP contribution in [-0.2, 0) is 0 Å². The zero-order valence-electron chi connectivity index (χ0n) is 29.6. The molecule has 0 saturated carbocycles. The van der Waals surface area contributed by atoms with Crippen LogP contribution in [0.3, 0.4) is 0 Å². The lowest BCUT2D eigenvalue weighted by molar-refractivity contribution is 1.07. The van der Waals surface area contributed by atoms with Gasteiger partial charge in [-0.15, -0.1) is 11.3 Å². The van der Waals surface area contributed by atoms with E-state index < -0.39 is 0 Å². The highest BCUT2D eigenvalue weighted by Gasteiger charge is 2.20. The normalized spacial score (nSPS) is 11.6. The van der Waals surface area contributed by atoms with Gasteiger partial charge in [-0.2, -0.15) is 0 Å². The predicted molar refractivity (Wildman–Crippen MR) is 232 cm³/mol. The zero-order valence-corrected chi connectivity index (χ0v) is 30.5. The minimum absolute atomic E-state index is 0.648. The Morgan fingerprint density at radius 3 is 1.36 bits per heavy atom. The van der Waals surface area contributed by atoms with Gasteiger partial charge in [0.15, 0.2) is 17.5 Å². The van der Waals surface area contributed by atoms with Crippen LogP contribution in [0.1, 0.15) is 0 Å². The van der Waals surface area contributed by atoms with Crippen molar-refractivity contribution in [3.63, 3.8) is 0 Å². The fourth-order valence-corrected chi connectivity index (χ4v) is 9.35. The Morgan fingerprint density at radius 2 is 0.745 bits per heavy atom. The summed E-state index contributed by atoms with van der Waals surface area (Å²) in [6, 6.07) is 67.0. The number of benzene rings is 9. The second-order valence-corrected chi connectivity index (χ2v) is 15.0. The topological polar surface area (TPSA) is 38.7 Å². The van der Waals surface area contributed by atoms with Crippen LogP contribution in [0.2, 0.25) is 0 Å². The minimum atomic E-state index is 0.648. The monoisotopic (exact) mass is 717 g/mol. The Bertz CT molecular complexity index is 3170. The van der Waals surface area contributed by atoms with Crippen molar-refractivity contribution in [2.45, 2.75) is 0 Å². The Kier molecular flexibility index (Phi) is 7.35. The van der Waals surface area contributed by atoms with Gasteiger partial charge in [-0.05, 0) is 78.8 Å². The van der Waals surface area contributed by atoms with Gasteiger partial charge in [0, 0.05) is 36.9 Å². The molecule has 9 aromatic carbocycles. The van der Waals surface area contributed by atoms with Gasteiger partial charge < -0.3 is 0 Å². The summed E-state index contributed by atoms with van der Waals surface area (Å²) in [5.41, 5.74) is 7.55. The van der Waals surface area contributed by atoms with Gasteiger partial charge in [0.1, 0.15) is 0 Å². The van der Waals surface area contributed by atoms with Crippen LogP contribution in [0.5, 0.6) is 0 Å². The highest BCUT2D eigenvalue weighted by atomic mass is 32.1. The molecule has 0 unspecified atom stereocenters. The van der Waals surface area contributed by atoms with Crippen LogP contribution >= 0.6 is 11.3 Å². The van der Waals surface area contributed by atoms with Crippen molar-refractivity contribution in [1.82, 2.24) is 15.0 Å². The maximum atomic E-state index is 5.15. The second kappa shape index (κ2) is 12.8. The number of thiophene rings is 1. The summed E-state index contributed by atoms with van der Waals surface area (Å²) in [7, 11) is 0. The SMILES string of the molecule is c1ccc(-c2nc(-c3ccccc3)nc(-c3cc(-c4ccccc4-c4ccc5c6ccccc6c6ccccc6c5c4)c4c(c3)sc3ccccc34)n2)cc1. The maximum absolute atomic E-state index is 5.15. The fourth-order valence-electron chi connectivity index (χ4n) is 8.18. The van der Waals surface area contributed by atoms with E-state index in [0.29, 0.717) is 17.5 Å². The molecule has 2 aromatic heterocycles. The Morgan fingerprint density at radius 1 is 0.273 bits per heavy atom. The van der Waals surface area contributed by atoms with E-state index in [0.717, 1.165) is 22.3 Å². The van der Waals surface area contributed by atoms with Crippen molar-refractivity contribution in [3.8, 4) is 56.4 Å². The molecule has 0 N–H and O–H groups in total. The first-order valence-electron chi connectivity index (χ1n) is 18.5. The molecule has 0 aliphatic rings. The average molecular weight is 718 g/mol. The van der Waals surface area contributed by atoms with Crippen molar-refractivity contribution in [1.29, 1.82) is 0 Å². The molecule has 256 valence electrons. The van der Waals surface area contributed by atoms with Crippen molar-refractivity contribution < 1.29 is 0 Å². The molecule has 0 fully saturated rings. The van der Waals surface area contributed by atoms with Gasteiger partial charge >= 0.3 is 0 Å². The van der Waals surface area contributed by atoms with Gasteiger partial charge in [0.25, 0.3) is 0 Å². The van der Waals surface area contributed by atoms with Crippen LogP contribution in [0.25, 0.3) is 109 Å². The fraction of sp³-hybridized carbons (Fsp3) is 0. The van der Waals surface area contributed by atoms with Crippen LogP contribution in [-0.4, -0.2) is 15.0 Å². The first kappa shape index (κ1) is 31.5. The molecule has 11 aromatic rings. The van der Waals surface area contributed by atoms with E-state index in [-0.39, 0.29) is 0 Å². The molecule has 0 aliphatic carbocycles. The standard InChI is InChI=1S/C51H31N3S/c1-3-15-32(16-4-1)49-52-50(33-17-5-2-6-18-33)54-51(53-49)35-30-45(48-43-25-13-14-26-46(43)55-47(48)31-35)37-20-8-7-19-36(37)34-27-28-42-40-23-10-9-21-38(40)39-22-11-12-24-41(39)44(42)29-34/h1-31H. The Hall–Kier alpha value is -7.01. The molecule has 0 amide bonds. The molecule has 0 bridgehead atoms. The summed E-state index contributed by atoms with van der Waals surface area (Å²) in [5.74, 6) is 1.95. The third kappa shape index (κ3) is 5.30. The summed E-state index contributed by atoms with van der Waals surface area (Å²) in [6.45, 7) is 0. The lowest BCUT2D eigenvalue weighted by atomic mass is 9.88. The minimum Gasteiger partial charge on any atom is -0.208 e. The third-order valence-corrected chi connectivity index (χ3v) is 11.8. The van der Waals surface area contributed by atoms with Crippen molar-refractivity contribution >= 4 is 63.8 Å². The molecule has 55 heavy (non-hydrogen) atoms. The molecule has 0 saturated heterocycles.